The number of aromatic hydroxyl groups is 1. The molecule has 4 heteroatoms. The van der Waals surface area contributed by atoms with Crippen LogP contribution in [0.3, 0.4) is 0 Å². The molecule has 11 heavy (non-hydrogen) atoms. The van der Waals surface area contributed by atoms with E-state index in [1.807, 2.05) is 0 Å². The summed E-state index contributed by atoms with van der Waals surface area (Å²) in [6.45, 7) is 0. The van der Waals surface area contributed by atoms with Gasteiger partial charge >= 0.3 is 77.1 Å². The van der Waals surface area contributed by atoms with Crippen LogP contribution in [-0.2, 0) is 0 Å². The molecule has 1 aromatic rings. The molecule has 0 bridgehead atoms. The average molecular weight is 235 g/mol. The van der Waals surface area contributed by atoms with E-state index in [2.05, 4.69) is 15.6 Å². The predicted octanol–water partition coefficient (Wildman–Crippen LogP) is 0.651. The van der Waals surface area contributed by atoms with Gasteiger partial charge in [0.15, 0.2) is 0 Å². The molecule has 3 N–H and O–H groups in total. The molecule has 0 unspecified atom stereocenters. The van der Waals surface area contributed by atoms with Gasteiger partial charge in [-0.1, -0.05) is 0 Å². The van der Waals surface area contributed by atoms with E-state index in [0.29, 0.717) is 9.56 Å². The SMILES string of the molecule is NC(=[Se])c1ccc(O)c(Cl)c1. The minimum atomic E-state index is 0.0664. The summed E-state index contributed by atoms with van der Waals surface area (Å²) in [5.41, 5.74) is 6.24. The first-order valence-electron chi connectivity index (χ1n) is 2.89. The topological polar surface area (TPSA) is 46.2 Å². The second kappa shape index (κ2) is 3.26. The van der Waals surface area contributed by atoms with Crippen molar-refractivity contribution in [2.45, 2.75) is 0 Å². The van der Waals surface area contributed by atoms with Crippen LogP contribution in [0.5, 0.6) is 5.75 Å². The molecular formula is C7H6ClNOSe. The van der Waals surface area contributed by atoms with Crippen molar-refractivity contribution in [2.24, 2.45) is 5.73 Å². The maximum absolute atomic E-state index is 9.03. The molecule has 0 heterocycles. The third-order valence-electron chi connectivity index (χ3n) is 1.23. The molecule has 1 aromatic carbocycles. The van der Waals surface area contributed by atoms with Gasteiger partial charge in [-0.25, -0.2) is 0 Å². The Kier molecular flexibility index (Phi) is 2.55. The van der Waals surface area contributed by atoms with Gasteiger partial charge in [0, 0.05) is 0 Å². The summed E-state index contributed by atoms with van der Waals surface area (Å²) in [5, 5.41) is 9.34. The molecule has 0 aliphatic heterocycles. The van der Waals surface area contributed by atoms with Gasteiger partial charge in [0.25, 0.3) is 0 Å². The van der Waals surface area contributed by atoms with Crippen molar-refractivity contribution >= 4 is 31.7 Å². The summed E-state index contributed by atoms with van der Waals surface area (Å²) >= 11 is 8.28. The van der Waals surface area contributed by atoms with Gasteiger partial charge in [0.05, 0.1) is 0 Å². The maximum atomic E-state index is 9.03. The Hall–Kier alpha value is -0.501. The van der Waals surface area contributed by atoms with Crippen molar-refractivity contribution < 1.29 is 5.11 Å². The molecule has 0 atom stereocenters. The fourth-order valence-corrected chi connectivity index (χ4v) is 1.11. The van der Waals surface area contributed by atoms with Crippen molar-refractivity contribution in [3.8, 4) is 5.75 Å². The Bertz CT molecular complexity index is 300. The Morgan fingerprint density at radius 1 is 1.55 bits per heavy atom. The zero-order valence-electron chi connectivity index (χ0n) is 5.54. The van der Waals surface area contributed by atoms with Crippen LogP contribution in [0.15, 0.2) is 18.2 Å². The van der Waals surface area contributed by atoms with Gasteiger partial charge in [-0.3, -0.25) is 0 Å². The second-order valence-electron chi connectivity index (χ2n) is 2.03. The third kappa shape index (κ3) is 1.96. The number of benzene rings is 1. The van der Waals surface area contributed by atoms with Gasteiger partial charge in [-0.05, 0) is 0 Å². The van der Waals surface area contributed by atoms with E-state index >= 15 is 0 Å². The predicted molar refractivity (Wildman–Crippen MR) is 47.2 cm³/mol. The minimum absolute atomic E-state index is 0.0664. The number of nitrogens with two attached hydrogens (primary N) is 1. The molecule has 0 saturated carbocycles. The van der Waals surface area contributed by atoms with E-state index in [1.54, 1.807) is 12.1 Å². The molecule has 0 amide bonds. The van der Waals surface area contributed by atoms with Crippen molar-refractivity contribution in [3.05, 3.63) is 28.8 Å². The Balaban J connectivity index is 3.15. The zero-order chi connectivity index (χ0) is 8.43. The first kappa shape index (κ1) is 8.59. The molecule has 0 spiro atoms. The van der Waals surface area contributed by atoms with Crippen LogP contribution >= 0.6 is 11.6 Å². The van der Waals surface area contributed by atoms with Crippen LogP contribution in [0.1, 0.15) is 5.56 Å². The number of phenols is 1. The number of halogens is 1. The molecular weight excluding hydrogens is 228 g/mol. The van der Waals surface area contributed by atoms with Crippen LogP contribution in [0.25, 0.3) is 0 Å². The molecule has 2 nitrogen and oxygen atoms in total. The molecule has 58 valence electrons. The Labute approximate surface area is 77.3 Å². The molecule has 0 radical (unpaired) electrons. The van der Waals surface area contributed by atoms with Crippen molar-refractivity contribution in [1.82, 2.24) is 0 Å². The summed E-state index contributed by atoms with van der Waals surface area (Å²) in [5.74, 6) is 0.0664. The number of hydrogen-bond donors (Lipinski definition) is 2. The van der Waals surface area contributed by atoms with Crippen LogP contribution < -0.4 is 5.73 Å². The van der Waals surface area contributed by atoms with Gasteiger partial charge in [0.2, 0.25) is 0 Å². The average Bonchev–Trinajstić information content (AvgIpc) is 1.94. The van der Waals surface area contributed by atoms with Gasteiger partial charge in [-0.2, -0.15) is 0 Å². The van der Waals surface area contributed by atoms with E-state index in [9.17, 15) is 0 Å². The van der Waals surface area contributed by atoms with E-state index in [1.165, 1.54) is 6.07 Å². The summed E-state index contributed by atoms with van der Waals surface area (Å²) in [6.07, 6.45) is 0. The standard InChI is InChI=1S/C7H6ClNOSe/c8-5-3-4(7(9)11)1-2-6(5)10/h1-3,10H,(H2,9,11). The number of phenolic OH excluding ortho intramolecular Hbond substituents is 1. The normalized spacial score (nSPS) is 9.55. The summed E-state index contributed by atoms with van der Waals surface area (Å²) in [7, 11) is 0. The van der Waals surface area contributed by atoms with Crippen LogP contribution in [0.4, 0.5) is 0 Å². The molecule has 0 saturated heterocycles. The van der Waals surface area contributed by atoms with Crippen molar-refractivity contribution in [2.75, 3.05) is 0 Å². The monoisotopic (exact) mass is 235 g/mol. The Morgan fingerprint density at radius 3 is 2.64 bits per heavy atom. The van der Waals surface area contributed by atoms with Crippen LogP contribution in [-0.4, -0.2) is 25.2 Å². The number of hydrogen-bond acceptors (Lipinski definition) is 2. The number of rotatable bonds is 1. The van der Waals surface area contributed by atoms with Gasteiger partial charge < -0.3 is 0 Å². The molecule has 0 aliphatic rings. The van der Waals surface area contributed by atoms with Crippen LogP contribution in [0, 0.1) is 0 Å². The van der Waals surface area contributed by atoms with E-state index in [4.69, 9.17) is 22.4 Å². The fourth-order valence-electron chi connectivity index (χ4n) is 0.660. The first-order valence-corrected chi connectivity index (χ1v) is 4.13. The molecule has 0 aliphatic carbocycles. The summed E-state index contributed by atoms with van der Waals surface area (Å²) in [4.78, 5) is 0. The fraction of sp³-hybridized carbons (Fsp3) is 0. The summed E-state index contributed by atoms with van der Waals surface area (Å²) in [6, 6.07) is 4.79. The van der Waals surface area contributed by atoms with Crippen molar-refractivity contribution in [3.63, 3.8) is 0 Å². The second-order valence-corrected chi connectivity index (χ2v) is 3.36. The molecule has 0 aromatic heterocycles. The van der Waals surface area contributed by atoms with Gasteiger partial charge in [0.1, 0.15) is 0 Å². The molecule has 1 rings (SSSR count). The van der Waals surface area contributed by atoms with Crippen LogP contribution in [0.2, 0.25) is 5.02 Å². The summed E-state index contributed by atoms with van der Waals surface area (Å²) < 4.78 is 0.562. The van der Waals surface area contributed by atoms with E-state index in [0.717, 1.165) is 5.56 Å². The zero-order valence-corrected chi connectivity index (χ0v) is 8.01. The van der Waals surface area contributed by atoms with E-state index < -0.39 is 0 Å². The molecule has 0 fully saturated rings. The van der Waals surface area contributed by atoms with E-state index in [-0.39, 0.29) is 5.75 Å². The third-order valence-corrected chi connectivity index (χ3v) is 2.03. The first-order chi connectivity index (χ1) is 5.11. The quantitative estimate of drug-likeness (QED) is 0.701. The van der Waals surface area contributed by atoms with Crippen molar-refractivity contribution in [1.29, 1.82) is 0 Å². The Morgan fingerprint density at radius 2 is 2.18 bits per heavy atom. The van der Waals surface area contributed by atoms with Gasteiger partial charge in [-0.15, -0.1) is 0 Å².